The first-order valence-electron chi connectivity index (χ1n) is 9.64. The Bertz CT molecular complexity index is 817. The van der Waals surface area contributed by atoms with Gasteiger partial charge in [-0.1, -0.05) is 43.5 Å². The molecule has 142 valence electrons. The van der Waals surface area contributed by atoms with Crippen LogP contribution in [0.4, 0.5) is 5.13 Å². The fourth-order valence-corrected chi connectivity index (χ4v) is 4.48. The summed E-state index contributed by atoms with van der Waals surface area (Å²) in [5.74, 6) is 0.588. The molecule has 0 bridgehead atoms. The molecule has 0 N–H and O–H groups in total. The van der Waals surface area contributed by atoms with Gasteiger partial charge in [-0.15, -0.1) is 11.3 Å². The third-order valence-corrected chi connectivity index (χ3v) is 6.00. The predicted octanol–water partition coefficient (Wildman–Crippen LogP) is 5.46. The van der Waals surface area contributed by atoms with Crippen molar-refractivity contribution in [2.24, 2.45) is 0 Å². The van der Waals surface area contributed by atoms with Gasteiger partial charge in [0.05, 0.1) is 5.69 Å². The van der Waals surface area contributed by atoms with Gasteiger partial charge in [-0.2, -0.15) is 0 Å². The normalized spacial score (nSPS) is 15.2. The first-order chi connectivity index (χ1) is 13.1. The molecule has 0 saturated heterocycles. The van der Waals surface area contributed by atoms with Crippen LogP contribution >= 0.6 is 11.3 Å². The molecule has 1 aliphatic rings. The molecule has 0 unspecified atom stereocenters. The van der Waals surface area contributed by atoms with Crippen molar-refractivity contribution in [2.45, 2.75) is 51.9 Å². The number of nitrogens with zero attached hydrogens (tertiary/aromatic N) is 2. The van der Waals surface area contributed by atoms with Crippen molar-refractivity contribution >= 4 is 34.2 Å². The van der Waals surface area contributed by atoms with Gasteiger partial charge in [0, 0.05) is 24.4 Å². The largest absolute Gasteiger partial charge is 0.289 e. The van der Waals surface area contributed by atoms with Gasteiger partial charge >= 0.3 is 0 Å². The van der Waals surface area contributed by atoms with E-state index in [1.54, 1.807) is 17.1 Å². The zero-order valence-electron chi connectivity index (χ0n) is 16.0. The monoisotopic (exact) mass is 382 g/mol. The Hall–Kier alpha value is -2.27. The number of rotatable bonds is 6. The highest BCUT2D eigenvalue weighted by Crippen LogP contribution is 2.32. The minimum absolute atomic E-state index is 0.0290. The van der Waals surface area contributed by atoms with Crippen LogP contribution in [0.25, 0.3) is 6.08 Å². The van der Waals surface area contributed by atoms with Crippen LogP contribution in [0.3, 0.4) is 0 Å². The van der Waals surface area contributed by atoms with Gasteiger partial charge in [-0.3, -0.25) is 14.5 Å². The Kier molecular flexibility index (Phi) is 6.56. The summed E-state index contributed by atoms with van der Waals surface area (Å²) in [7, 11) is 0. The zero-order chi connectivity index (χ0) is 19.2. The first-order valence-corrected chi connectivity index (χ1v) is 10.5. The van der Waals surface area contributed by atoms with Gasteiger partial charge in [0.15, 0.2) is 10.9 Å². The van der Waals surface area contributed by atoms with E-state index in [1.165, 1.54) is 55.9 Å². The third-order valence-electron chi connectivity index (χ3n) is 5.11. The molecule has 0 spiro atoms. The fraction of sp³-hybridized carbons (Fsp3) is 0.409. The lowest BCUT2D eigenvalue weighted by Crippen LogP contribution is -2.27. The van der Waals surface area contributed by atoms with E-state index in [0.29, 0.717) is 28.9 Å². The maximum absolute atomic E-state index is 12.4. The number of thiazole rings is 1. The van der Waals surface area contributed by atoms with Crippen molar-refractivity contribution in [1.29, 1.82) is 0 Å². The van der Waals surface area contributed by atoms with Crippen molar-refractivity contribution in [3.8, 4) is 0 Å². The summed E-state index contributed by atoms with van der Waals surface area (Å²) in [5.41, 5.74) is 2.74. The smallest absolute Gasteiger partial charge is 0.225 e. The molecular weight excluding hydrogens is 356 g/mol. The molecule has 2 aromatic rings. The quantitative estimate of drug-likeness (QED) is 0.492. The second-order valence-electron chi connectivity index (χ2n) is 6.97. The molecule has 0 atom stereocenters. The van der Waals surface area contributed by atoms with Gasteiger partial charge < -0.3 is 0 Å². The number of aromatic nitrogens is 1. The predicted molar refractivity (Wildman–Crippen MR) is 111 cm³/mol. The first kappa shape index (κ1) is 19.5. The molecule has 1 aromatic heterocycles. The molecule has 1 fully saturated rings. The Morgan fingerprint density at radius 3 is 2.52 bits per heavy atom. The van der Waals surface area contributed by atoms with Crippen molar-refractivity contribution in [1.82, 2.24) is 4.98 Å². The summed E-state index contributed by atoms with van der Waals surface area (Å²) in [5, 5.41) is 2.52. The van der Waals surface area contributed by atoms with Crippen LogP contribution in [-0.4, -0.2) is 23.2 Å². The van der Waals surface area contributed by atoms with Gasteiger partial charge in [-0.25, -0.2) is 4.98 Å². The topological polar surface area (TPSA) is 50.3 Å². The Balaban J connectivity index is 1.64. The average molecular weight is 383 g/mol. The molecule has 3 rings (SSSR count). The summed E-state index contributed by atoms with van der Waals surface area (Å²) in [6.45, 7) is 4.03. The fourth-order valence-electron chi connectivity index (χ4n) is 3.58. The van der Waals surface area contributed by atoms with E-state index >= 15 is 0 Å². The number of amides is 1. The van der Waals surface area contributed by atoms with E-state index < -0.39 is 0 Å². The molecule has 1 amide bonds. The number of allylic oxidation sites excluding steroid dienone is 1. The summed E-state index contributed by atoms with van der Waals surface area (Å²) >= 11 is 1.41. The summed E-state index contributed by atoms with van der Waals surface area (Å²) in [6, 6.07) is 8.06. The van der Waals surface area contributed by atoms with E-state index in [9.17, 15) is 9.59 Å². The number of hydrogen-bond acceptors (Lipinski definition) is 4. The third kappa shape index (κ3) is 4.92. The highest BCUT2D eigenvalue weighted by atomic mass is 32.1. The molecule has 27 heavy (non-hydrogen) atoms. The number of hydrogen-bond donors (Lipinski definition) is 0. The molecular formula is C22H26N2O2S. The SMILES string of the molecule is CCN(C(C)=O)c1nc(/C=C/C(=O)c2ccc(C3CCCCC3)cc2)cs1. The average Bonchev–Trinajstić information content (AvgIpc) is 3.16. The minimum atomic E-state index is -0.0310. The molecule has 5 heteroatoms. The molecule has 1 aromatic carbocycles. The van der Waals surface area contributed by atoms with E-state index in [2.05, 4.69) is 17.1 Å². The molecule has 1 heterocycles. The van der Waals surface area contributed by atoms with Crippen molar-refractivity contribution in [2.75, 3.05) is 11.4 Å². The lowest BCUT2D eigenvalue weighted by Gasteiger charge is -2.21. The zero-order valence-corrected chi connectivity index (χ0v) is 16.8. The van der Waals surface area contributed by atoms with Crippen LogP contribution in [0.2, 0.25) is 0 Å². The minimum Gasteiger partial charge on any atom is -0.289 e. The number of carbonyl (C=O) groups excluding carboxylic acids is 2. The number of carbonyl (C=O) groups is 2. The molecule has 1 aliphatic carbocycles. The van der Waals surface area contributed by atoms with Crippen LogP contribution in [0.15, 0.2) is 35.7 Å². The van der Waals surface area contributed by atoms with Gasteiger partial charge in [0.1, 0.15) is 0 Å². The highest BCUT2D eigenvalue weighted by Gasteiger charge is 2.16. The summed E-state index contributed by atoms with van der Waals surface area (Å²) < 4.78 is 0. The maximum Gasteiger partial charge on any atom is 0.225 e. The Morgan fingerprint density at radius 1 is 1.19 bits per heavy atom. The Morgan fingerprint density at radius 2 is 1.89 bits per heavy atom. The summed E-state index contributed by atoms with van der Waals surface area (Å²) in [4.78, 5) is 30.1. The lowest BCUT2D eigenvalue weighted by molar-refractivity contribution is -0.116. The number of ketones is 1. The van der Waals surface area contributed by atoms with Crippen molar-refractivity contribution in [3.63, 3.8) is 0 Å². The van der Waals surface area contributed by atoms with Crippen molar-refractivity contribution in [3.05, 3.63) is 52.5 Å². The van der Waals surface area contributed by atoms with E-state index in [0.717, 1.165) is 0 Å². The Labute approximate surface area is 164 Å². The van der Waals surface area contributed by atoms with Crippen LogP contribution in [-0.2, 0) is 4.79 Å². The van der Waals surface area contributed by atoms with Crippen LogP contribution in [0.5, 0.6) is 0 Å². The second-order valence-corrected chi connectivity index (χ2v) is 7.81. The highest BCUT2D eigenvalue weighted by molar-refractivity contribution is 7.14. The molecule has 0 aliphatic heterocycles. The van der Waals surface area contributed by atoms with Crippen LogP contribution in [0, 0.1) is 0 Å². The van der Waals surface area contributed by atoms with Crippen molar-refractivity contribution < 1.29 is 9.59 Å². The summed E-state index contributed by atoms with van der Waals surface area (Å²) in [6.07, 6.45) is 9.75. The van der Waals surface area contributed by atoms with Crippen LogP contribution < -0.4 is 4.90 Å². The number of benzene rings is 1. The van der Waals surface area contributed by atoms with Gasteiger partial charge in [-0.05, 0) is 43.4 Å². The molecule has 4 nitrogen and oxygen atoms in total. The van der Waals surface area contributed by atoms with E-state index in [4.69, 9.17) is 0 Å². The molecule has 0 radical (unpaired) electrons. The second kappa shape index (κ2) is 9.09. The lowest BCUT2D eigenvalue weighted by atomic mass is 9.84. The maximum atomic E-state index is 12.4. The van der Waals surface area contributed by atoms with E-state index in [1.807, 2.05) is 24.4 Å². The van der Waals surface area contributed by atoms with Gasteiger partial charge in [0.25, 0.3) is 0 Å². The number of anilines is 1. The van der Waals surface area contributed by atoms with Gasteiger partial charge in [0.2, 0.25) is 5.91 Å². The van der Waals surface area contributed by atoms with Crippen LogP contribution in [0.1, 0.15) is 73.5 Å². The standard InChI is InChI=1S/C22H26N2O2S/c1-3-24(16(2)25)22-23-20(15-27-22)13-14-21(26)19-11-9-18(10-12-19)17-7-5-4-6-8-17/h9-15,17H,3-8H2,1-2H3/b14-13+. The molecule has 1 saturated carbocycles. The van der Waals surface area contributed by atoms with E-state index in [-0.39, 0.29) is 11.7 Å².